The predicted octanol–water partition coefficient (Wildman–Crippen LogP) is 7.47. The number of aromatic nitrogens is 9. The molecule has 8 aromatic rings. The van der Waals surface area contributed by atoms with Gasteiger partial charge in [0, 0.05) is 70.2 Å². The summed E-state index contributed by atoms with van der Waals surface area (Å²) in [6.45, 7) is 0.649. The standard InChI is InChI=1S/C29H29N5O2.C18H20N4O.C10H11N.CO2/c1-33-19-24(17-32-33)28-18-31-27(12-5-9-21-7-3-2-4-8-21)29(36)34(28)20-25(35)14-13-22-15-23-10-6-11-26(23)30-16-22;1-21-13-15(11-20-21)17-12-19-16(18(23)22(17)2)10-6-9-14-7-4-3-5-8-14;11-7-8-4-5-9-2-1-3-10(9)6-8;2-1-3/h2-4,6-8,10,15-19H,5,9,11-14,20H2,1H3;3-5,7-8,11-13H,6,9-10H2,1-2H3;1,3-6H,2,7,11H2;. The van der Waals surface area contributed by atoms with Crippen molar-refractivity contribution in [3.8, 4) is 22.5 Å². The summed E-state index contributed by atoms with van der Waals surface area (Å²) in [5, 5.41) is 8.37. The highest BCUT2D eigenvalue weighted by Gasteiger charge is 2.17. The maximum Gasteiger partial charge on any atom is 0.373 e. The Morgan fingerprint density at radius 2 is 1.16 bits per heavy atom. The van der Waals surface area contributed by atoms with Crippen molar-refractivity contribution in [2.45, 2.75) is 77.3 Å². The Bertz CT molecular complexity index is 3340. The average Bonchev–Trinajstić information content (AvgIpc) is 4.26. The fraction of sp³-hybridized carbons (Fsp3) is 0.259. The first-order valence-electron chi connectivity index (χ1n) is 24.4. The molecule has 0 atom stereocenters. The van der Waals surface area contributed by atoms with Crippen LogP contribution < -0.4 is 16.9 Å². The SMILES string of the molecule is Cn1cc(-c2cnc(CCCc3ccccc3)c(=O)n2C)cn1.Cn1cc(-c2cnc(CCCc3ccccc3)c(=O)n2CC(=O)CCc2cnc3c(c2)C=CC3)cn1.NCc1ccc2c(c1)C=CC2.O=C=O. The second-order valence-corrected chi connectivity index (χ2v) is 17.9. The first-order chi connectivity index (χ1) is 35.5. The normalized spacial score (nSPS) is 11.6. The van der Waals surface area contributed by atoms with E-state index in [0.717, 1.165) is 72.2 Å². The number of Topliss-reactive ketones (excluding diaryl/α,β-unsaturated/α-hetero) is 1. The molecule has 2 aliphatic carbocycles. The lowest BCUT2D eigenvalue weighted by Gasteiger charge is -2.13. The van der Waals surface area contributed by atoms with Crippen molar-refractivity contribution in [2.24, 2.45) is 26.9 Å². The van der Waals surface area contributed by atoms with Gasteiger partial charge in [-0.2, -0.15) is 19.8 Å². The molecule has 10 rings (SSSR count). The zero-order valence-electron chi connectivity index (χ0n) is 41.6. The molecule has 15 heteroatoms. The molecule has 3 aromatic carbocycles. The molecule has 0 unspecified atom stereocenters. The van der Waals surface area contributed by atoms with E-state index < -0.39 is 0 Å². The summed E-state index contributed by atoms with van der Waals surface area (Å²) in [5.41, 5.74) is 19.2. The molecule has 0 saturated heterocycles. The number of pyridine rings is 1. The van der Waals surface area contributed by atoms with E-state index >= 15 is 0 Å². The lowest BCUT2D eigenvalue weighted by molar-refractivity contribution is -0.191. The van der Waals surface area contributed by atoms with Gasteiger partial charge in [-0.25, -0.2) is 0 Å². The van der Waals surface area contributed by atoms with E-state index in [0.29, 0.717) is 49.3 Å². The number of allylic oxidation sites excluding steroid dienone is 2. The molecule has 15 nitrogen and oxygen atoms in total. The molecule has 0 fully saturated rings. The van der Waals surface area contributed by atoms with E-state index in [1.165, 1.54) is 27.8 Å². The molecule has 0 aliphatic heterocycles. The van der Waals surface area contributed by atoms with E-state index in [1.54, 1.807) is 50.3 Å². The zero-order chi connectivity index (χ0) is 51.5. The van der Waals surface area contributed by atoms with Crippen LogP contribution in [0.2, 0.25) is 0 Å². The Kier molecular flexibility index (Phi) is 18.7. The monoisotopic (exact) mass is 976 g/mol. The number of ketones is 1. The van der Waals surface area contributed by atoms with Crippen LogP contribution in [-0.2, 0) is 93.6 Å². The average molecular weight is 977 g/mol. The summed E-state index contributed by atoms with van der Waals surface area (Å²) >= 11 is 0. The van der Waals surface area contributed by atoms with E-state index in [-0.39, 0.29) is 29.6 Å². The molecule has 5 heterocycles. The lowest BCUT2D eigenvalue weighted by atomic mass is 10.1. The minimum absolute atomic E-state index is 0.000263. The number of carbonyl (C=O) groups is 1. The number of aryl methyl sites for hydroxylation is 7. The van der Waals surface area contributed by atoms with Crippen LogP contribution in [-0.4, -0.2) is 55.6 Å². The van der Waals surface area contributed by atoms with E-state index in [4.69, 9.17) is 15.3 Å². The quantitative estimate of drug-likeness (QED) is 0.101. The highest BCUT2D eigenvalue weighted by molar-refractivity contribution is 5.79. The molecule has 0 radical (unpaired) electrons. The van der Waals surface area contributed by atoms with Gasteiger partial charge in [0.25, 0.3) is 11.1 Å². The summed E-state index contributed by atoms with van der Waals surface area (Å²) < 4.78 is 6.61. The molecule has 0 saturated carbocycles. The first-order valence-corrected chi connectivity index (χ1v) is 24.4. The molecular formula is C58H60N10O5. The fourth-order valence-corrected chi connectivity index (χ4v) is 8.70. The molecule has 0 bridgehead atoms. The van der Waals surface area contributed by atoms with Crippen molar-refractivity contribution < 1.29 is 14.4 Å². The van der Waals surface area contributed by atoms with Gasteiger partial charge < -0.3 is 10.3 Å². The summed E-state index contributed by atoms with van der Waals surface area (Å²) in [5.74, 6) is -0.000263. The number of fused-ring (bicyclic) bond motifs is 2. The summed E-state index contributed by atoms with van der Waals surface area (Å²) in [4.78, 5) is 68.6. The van der Waals surface area contributed by atoms with Crippen LogP contribution >= 0.6 is 0 Å². The Balaban J connectivity index is 0.000000178. The van der Waals surface area contributed by atoms with Crippen LogP contribution in [0.15, 0.2) is 150 Å². The second kappa shape index (κ2) is 26.1. The third-order valence-corrected chi connectivity index (χ3v) is 12.6. The minimum Gasteiger partial charge on any atom is -0.326 e. The van der Waals surface area contributed by atoms with Gasteiger partial charge in [-0.15, -0.1) is 0 Å². The molecule has 5 aromatic heterocycles. The Labute approximate surface area is 424 Å². The van der Waals surface area contributed by atoms with Crippen LogP contribution in [0.25, 0.3) is 34.7 Å². The van der Waals surface area contributed by atoms with Crippen molar-refractivity contribution in [1.29, 1.82) is 0 Å². The number of benzene rings is 3. The van der Waals surface area contributed by atoms with Crippen LogP contribution in [0.5, 0.6) is 0 Å². The minimum atomic E-state index is -0.206. The number of hydrogen-bond donors (Lipinski definition) is 1. The molecule has 2 aliphatic rings. The zero-order valence-corrected chi connectivity index (χ0v) is 41.6. The molecule has 73 heavy (non-hydrogen) atoms. The van der Waals surface area contributed by atoms with Gasteiger partial charge in [0.05, 0.1) is 48.4 Å². The fourth-order valence-electron chi connectivity index (χ4n) is 8.70. The van der Waals surface area contributed by atoms with Gasteiger partial charge in [-0.05, 0) is 96.4 Å². The molecule has 0 amide bonds. The lowest BCUT2D eigenvalue weighted by Crippen LogP contribution is -2.29. The summed E-state index contributed by atoms with van der Waals surface area (Å²) in [7, 11) is 5.46. The van der Waals surface area contributed by atoms with Crippen molar-refractivity contribution >= 4 is 24.1 Å². The first kappa shape index (κ1) is 52.3. The van der Waals surface area contributed by atoms with Crippen molar-refractivity contribution in [3.05, 3.63) is 217 Å². The van der Waals surface area contributed by atoms with Gasteiger partial charge in [-0.1, -0.05) is 103 Å². The molecule has 0 spiro atoms. The Hall–Kier alpha value is -8.52. The number of carbonyl (C=O) groups excluding carboxylic acids is 3. The molecule has 372 valence electrons. The Morgan fingerprint density at radius 1 is 0.603 bits per heavy atom. The van der Waals surface area contributed by atoms with Crippen molar-refractivity contribution in [3.63, 3.8) is 0 Å². The van der Waals surface area contributed by atoms with Gasteiger partial charge >= 0.3 is 6.15 Å². The predicted molar refractivity (Wildman–Crippen MR) is 282 cm³/mol. The van der Waals surface area contributed by atoms with Crippen LogP contribution in [0, 0.1) is 0 Å². The number of nitrogens with two attached hydrogens (primary N) is 1. The van der Waals surface area contributed by atoms with E-state index in [1.807, 2.05) is 69.1 Å². The summed E-state index contributed by atoms with van der Waals surface area (Å²) in [6.07, 6.45) is 28.9. The summed E-state index contributed by atoms with van der Waals surface area (Å²) in [6, 6.07) is 29.0. The van der Waals surface area contributed by atoms with Crippen molar-refractivity contribution in [2.75, 3.05) is 0 Å². The third-order valence-electron chi connectivity index (χ3n) is 12.6. The number of hydrogen-bond acceptors (Lipinski definition) is 11. The highest BCUT2D eigenvalue weighted by Crippen LogP contribution is 2.22. The van der Waals surface area contributed by atoms with Crippen molar-refractivity contribution in [1.82, 2.24) is 43.6 Å². The maximum absolute atomic E-state index is 13.5. The maximum atomic E-state index is 13.5. The number of rotatable bonds is 16. The van der Waals surface area contributed by atoms with Gasteiger partial charge in [0.1, 0.15) is 11.4 Å². The second-order valence-electron chi connectivity index (χ2n) is 17.9. The van der Waals surface area contributed by atoms with Crippen LogP contribution in [0.3, 0.4) is 0 Å². The highest BCUT2D eigenvalue weighted by atomic mass is 16.2. The van der Waals surface area contributed by atoms with E-state index in [9.17, 15) is 14.4 Å². The number of nitrogens with zero attached hydrogens (tertiary/aromatic N) is 9. The molecular weight excluding hydrogens is 917 g/mol. The smallest absolute Gasteiger partial charge is 0.326 e. The van der Waals surface area contributed by atoms with Gasteiger partial charge in [0.15, 0.2) is 5.78 Å². The molecule has 2 N–H and O–H groups in total. The van der Waals surface area contributed by atoms with Crippen LogP contribution in [0.1, 0.15) is 75.3 Å². The topological polar surface area (TPSA) is 196 Å². The van der Waals surface area contributed by atoms with Crippen LogP contribution in [0.4, 0.5) is 0 Å². The van der Waals surface area contributed by atoms with E-state index in [2.05, 4.69) is 98.0 Å². The van der Waals surface area contributed by atoms with Gasteiger partial charge in [0.2, 0.25) is 0 Å². The third kappa shape index (κ3) is 14.5. The Morgan fingerprint density at radius 3 is 1.77 bits per heavy atom. The largest absolute Gasteiger partial charge is 0.373 e. The van der Waals surface area contributed by atoms with Gasteiger partial charge in [-0.3, -0.25) is 43.3 Å².